The first-order valence-corrected chi connectivity index (χ1v) is 8.16. The van der Waals surface area contributed by atoms with Gasteiger partial charge in [0, 0.05) is 23.1 Å². The van der Waals surface area contributed by atoms with Crippen LogP contribution in [0.2, 0.25) is 0 Å². The van der Waals surface area contributed by atoms with Crippen LogP contribution in [-0.4, -0.2) is 33.1 Å². The summed E-state index contributed by atoms with van der Waals surface area (Å²) in [6, 6.07) is 9.60. The van der Waals surface area contributed by atoms with E-state index in [0.717, 1.165) is 33.5 Å². The molecule has 1 aromatic heterocycles. The summed E-state index contributed by atoms with van der Waals surface area (Å²) in [6.07, 6.45) is 0. The Morgan fingerprint density at radius 1 is 0.885 bits per heavy atom. The topological polar surface area (TPSA) is 59.0 Å². The van der Waals surface area contributed by atoms with Gasteiger partial charge >= 0.3 is 0 Å². The summed E-state index contributed by atoms with van der Waals surface area (Å²) >= 11 is 0. The number of methoxy groups -OCH3 is 3. The normalized spacial score (nSPS) is 12.3. The van der Waals surface area contributed by atoms with Crippen LogP contribution in [0.3, 0.4) is 0 Å². The number of aromatic nitrogens is 1. The van der Waals surface area contributed by atoms with Gasteiger partial charge in [-0.1, -0.05) is 0 Å². The standard InChI is InChI=1S/C20H19NO5/c1-11-5-14(12-6-17(24-4)20-18(7-12)25-10-26-20)21-15-8-13(22-2)9-16(23-3)19(11)15/h5-9H,10H2,1-4H3. The van der Waals surface area contributed by atoms with Gasteiger partial charge < -0.3 is 23.7 Å². The molecule has 0 aliphatic carbocycles. The van der Waals surface area contributed by atoms with Crippen molar-refractivity contribution in [1.29, 1.82) is 0 Å². The van der Waals surface area contributed by atoms with Crippen LogP contribution in [0.4, 0.5) is 0 Å². The third kappa shape index (κ3) is 2.54. The highest BCUT2D eigenvalue weighted by atomic mass is 16.7. The first kappa shape index (κ1) is 16.3. The van der Waals surface area contributed by atoms with Crippen molar-refractivity contribution in [2.45, 2.75) is 6.92 Å². The molecule has 134 valence electrons. The van der Waals surface area contributed by atoms with Crippen molar-refractivity contribution in [1.82, 2.24) is 4.98 Å². The lowest BCUT2D eigenvalue weighted by Crippen LogP contribution is -1.95. The highest BCUT2D eigenvalue weighted by Gasteiger charge is 2.21. The highest BCUT2D eigenvalue weighted by Crippen LogP contribution is 2.44. The minimum Gasteiger partial charge on any atom is -0.497 e. The number of hydrogen-bond acceptors (Lipinski definition) is 6. The number of rotatable bonds is 4. The predicted octanol–water partition coefficient (Wildman–Crippen LogP) is 3.96. The molecule has 1 aliphatic rings. The van der Waals surface area contributed by atoms with Gasteiger partial charge in [-0.2, -0.15) is 0 Å². The van der Waals surface area contributed by atoms with Gasteiger partial charge in [-0.25, -0.2) is 4.98 Å². The van der Waals surface area contributed by atoms with E-state index in [1.165, 1.54) is 0 Å². The van der Waals surface area contributed by atoms with E-state index >= 15 is 0 Å². The zero-order chi connectivity index (χ0) is 18.3. The molecule has 6 nitrogen and oxygen atoms in total. The number of hydrogen-bond donors (Lipinski definition) is 0. The molecular weight excluding hydrogens is 334 g/mol. The maximum absolute atomic E-state index is 5.52. The Morgan fingerprint density at radius 2 is 1.69 bits per heavy atom. The second kappa shape index (κ2) is 6.29. The second-order valence-corrected chi connectivity index (χ2v) is 5.96. The van der Waals surface area contributed by atoms with E-state index in [1.54, 1.807) is 21.3 Å². The number of aryl methyl sites for hydroxylation is 1. The number of fused-ring (bicyclic) bond motifs is 2. The van der Waals surface area contributed by atoms with E-state index in [2.05, 4.69) is 0 Å². The van der Waals surface area contributed by atoms with Gasteiger partial charge in [0.1, 0.15) is 11.5 Å². The molecule has 0 amide bonds. The summed E-state index contributed by atoms with van der Waals surface area (Å²) in [7, 11) is 4.88. The van der Waals surface area contributed by atoms with E-state index in [-0.39, 0.29) is 6.79 Å². The fraction of sp³-hybridized carbons (Fsp3) is 0.250. The van der Waals surface area contributed by atoms with E-state index in [9.17, 15) is 0 Å². The molecular formula is C20H19NO5. The van der Waals surface area contributed by atoms with Gasteiger partial charge in [-0.3, -0.25) is 0 Å². The molecule has 1 aliphatic heterocycles. The highest BCUT2D eigenvalue weighted by molar-refractivity contribution is 5.92. The fourth-order valence-corrected chi connectivity index (χ4v) is 3.20. The lowest BCUT2D eigenvalue weighted by Gasteiger charge is -2.13. The Balaban J connectivity index is 1.93. The van der Waals surface area contributed by atoms with Gasteiger partial charge in [0.25, 0.3) is 0 Å². The number of pyridine rings is 1. The summed E-state index contributed by atoms with van der Waals surface area (Å²) in [5, 5.41) is 0.963. The SMILES string of the molecule is COc1cc(OC)c2c(C)cc(-c3cc(OC)c4c(c3)OCO4)nc2c1. The summed E-state index contributed by atoms with van der Waals surface area (Å²) in [6.45, 7) is 2.22. The summed E-state index contributed by atoms with van der Waals surface area (Å²) in [4.78, 5) is 4.81. The van der Waals surface area contributed by atoms with Crippen molar-refractivity contribution in [3.63, 3.8) is 0 Å². The molecule has 2 aromatic carbocycles. The van der Waals surface area contributed by atoms with E-state index in [1.807, 2.05) is 37.3 Å². The van der Waals surface area contributed by atoms with Crippen molar-refractivity contribution in [2.75, 3.05) is 28.1 Å². The molecule has 0 fully saturated rings. The average Bonchev–Trinajstić information content (AvgIpc) is 3.14. The Bertz CT molecular complexity index is 999. The number of ether oxygens (including phenoxy) is 5. The van der Waals surface area contributed by atoms with E-state index in [0.29, 0.717) is 23.0 Å². The zero-order valence-electron chi connectivity index (χ0n) is 15.1. The molecule has 0 N–H and O–H groups in total. The minimum absolute atomic E-state index is 0.188. The summed E-state index contributed by atoms with van der Waals surface area (Å²) in [5.74, 6) is 3.33. The van der Waals surface area contributed by atoms with Crippen LogP contribution in [0, 0.1) is 6.92 Å². The molecule has 4 rings (SSSR count). The molecule has 0 spiro atoms. The zero-order valence-corrected chi connectivity index (χ0v) is 15.1. The molecule has 3 aromatic rings. The third-order valence-electron chi connectivity index (χ3n) is 4.45. The monoisotopic (exact) mass is 353 g/mol. The molecule has 0 radical (unpaired) electrons. The maximum Gasteiger partial charge on any atom is 0.231 e. The Morgan fingerprint density at radius 3 is 2.42 bits per heavy atom. The van der Waals surface area contributed by atoms with Crippen LogP contribution in [-0.2, 0) is 0 Å². The predicted molar refractivity (Wildman–Crippen MR) is 97.7 cm³/mol. The first-order valence-electron chi connectivity index (χ1n) is 8.16. The van der Waals surface area contributed by atoms with Crippen LogP contribution >= 0.6 is 0 Å². The van der Waals surface area contributed by atoms with Crippen molar-refractivity contribution < 1.29 is 23.7 Å². The van der Waals surface area contributed by atoms with Crippen LogP contribution in [0.15, 0.2) is 30.3 Å². The second-order valence-electron chi connectivity index (χ2n) is 5.96. The van der Waals surface area contributed by atoms with Gasteiger partial charge in [-0.15, -0.1) is 0 Å². The van der Waals surface area contributed by atoms with Crippen LogP contribution < -0.4 is 23.7 Å². The van der Waals surface area contributed by atoms with E-state index < -0.39 is 0 Å². The van der Waals surface area contributed by atoms with Crippen molar-refractivity contribution in [3.05, 3.63) is 35.9 Å². The molecule has 0 atom stereocenters. The Labute approximate surface area is 151 Å². The molecule has 0 unspecified atom stereocenters. The lowest BCUT2D eigenvalue weighted by molar-refractivity contribution is 0.171. The van der Waals surface area contributed by atoms with Gasteiger partial charge in [0.2, 0.25) is 12.5 Å². The molecule has 0 saturated carbocycles. The molecule has 0 saturated heterocycles. The molecule has 26 heavy (non-hydrogen) atoms. The van der Waals surface area contributed by atoms with Crippen LogP contribution in [0.25, 0.3) is 22.2 Å². The van der Waals surface area contributed by atoms with Gasteiger partial charge in [-0.05, 0) is 30.7 Å². The third-order valence-corrected chi connectivity index (χ3v) is 4.45. The average molecular weight is 353 g/mol. The van der Waals surface area contributed by atoms with Gasteiger partial charge in [0.15, 0.2) is 11.5 Å². The lowest BCUT2D eigenvalue weighted by atomic mass is 10.0. The molecule has 2 heterocycles. The first-order chi connectivity index (χ1) is 12.6. The van der Waals surface area contributed by atoms with Crippen LogP contribution in [0.1, 0.15) is 5.56 Å². The minimum atomic E-state index is 0.188. The number of nitrogens with zero attached hydrogens (tertiary/aromatic N) is 1. The van der Waals surface area contributed by atoms with Crippen molar-refractivity contribution in [3.8, 4) is 40.0 Å². The Kier molecular flexibility index (Phi) is 3.95. The fourth-order valence-electron chi connectivity index (χ4n) is 3.20. The van der Waals surface area contributed by atoms with E-state index in [4.69, 9.17) is 28.7 Å². The Hall–Kier alpha value is -3.15. The maximum atomic E-state index is 5.52. The van der Waals surface area contributed by atoms with Gasteiger partial charge in [0.05, 0.1) is 32.5 Å². The largest absolute Gasteiger partial charge is 0.497 e. The van der Waals surface area contributed by atoms with Crippen molar-refractivity contribution >= 4 is 10.9 Å². The molecule has 6 heteroatoms. The number of benzene rings is 2. The summed E-state index contributed by atoms with van der Waals surface area (Å²) < 4.78 is 27.3. The molecule has 0 bridgehead atoms. The smallest absolute Gasteiger partial charge is 0.231 e. The van der Waals surface area contributed by atoms with Crippen molar-refractivity contribution in [2.24, 2.45) is 0 Å². The quantitative estimate of drug-likeness (QED) is 0.707. The summed E-state index contributed by atoms with van der Waals surface area (Å²) in [5.41, 5.74) is 3.55. The van der Waals surface area contributed by atoms with Crippen LogP contribution in [0.5, 0.6) is 28.7 Å².